The highest BCUT2D eigenvalue weighted by Gasteiger charge is 2.21. The van der Waals surface area contributed by atoms with Crippen LogP contribution < -0.4 is 10.1 Å². The van der Waals surface area contributed by atoms with E-state index in [0.29, 0.717) is 28.3 Å². The Bertz CT molecular complexity index is 1060. The van der Waals surface area contributed by atoms with Crippen molar-refractivity contribution in [3.05, 3.63) is 41.8 Å². The van der Waals surface area contributed by atoms with Crippen LogP contribution in [0.15, 0.2) is 35.6 Å². The number of benzene rings is 1. The van der Waals surface area contributed by atoms with E-state index >= 15 is 0 Å². The van der Waals surface area contributed by atoms with E-state index in [9.17, 15) is 12.5 Å². The summed E-state index contributed by atoms with van der Waals surface area (Å²) in [6.07, 6.45) is 1.53. The van der Waals surface area contributed by atoms with Gasteiger partial charge in [0.25, 0.3) is 5.16 Å². The van der Waals surface area contributed by atoms with Crippen molar-refractivity contribution < 1.29 is 17.2 Å². The fourth-order valence-electron chi connectivity index (χ4n) is 2.72. The second kappa shape index (κ2) is 9.06. The fraction of sp³-hybridized carbons (Fsp3) is 0.235. The van der Waals surface area contributed by atoms with Crippen molar-refractivity contribution in [2.24, 2.45) is 0 Å². The first-order valence-electron chi connectivity index (χ1n) is 8.29. The minimum Gasteiger partial charge on any atom is -0.481 e. The summed E-state index contributed by atoms with van der Waals surface area (Å²) in [5.74, 6) is -0.205. The van der Waals surface area contributed by atoms with Crippen molar-refractivity contribution in [2.75, 3.05) is 12.4 Å². The summed E-state index contributed by atoms with van der Waals surface area (Å²) in [5.41, 5.74) is 2.23. The molecule has 0 aliphatic heterocycles. The normalized spacial score (nSPS) is 12.2. The van der Waals surface area contributed by atoms with Crippen molar-refractivity contribution in [3.8, 4) is 17.0 Å². The van der Waals surface area contributed by atoms with Gasteiger partial charge in [0.05, 0.1) is 12.8 Å². The van der Waals surface area contributed by atoms with Crippen LogP contribution in [0.25, 0.3) is 11.1 Å². The molecule has 0 bridgehead atoms. The molecule has 1 unspecified atom stereocenters. The molecule has 3 rings (SSSR count). The molecule has 0 aliphatic rings. The van der Waals surface area contributed by atoms with Crippen molar-refractivity contribution in [1.29, 1.82) is 0 Å². The zero-order chi connectivity index (χ0) is 21.1. The molecule has 0 amide bonds. The predicted molar refractivity (Wildman–Crippen MR) is 110 cm³/mol. The molecule has 1 N–H and O–H groups in total. The lowest BCUT2D eigenvalue weighted by Crippen LogP contribution is -2.05. The summed E-state index contributed by atoms with van der Waals surface area (Å²) in [4.78, 5) is 8.05. The van der Waals surface area contributed by atoms with Crippen LogP contribution in [0.1, 0.15) is 25.3 Å². The third-order valence-electron chi connectivity index (χ3n) is 4.02. The van der Waals surface area contributed by atoms with Crippen LogP contribution in [0.3, 0.4) is 0 Å². The second-order valence-electron chi connectivity index (χ2n) is 6.17. The van der Waals surface area contributed by atoms with Crippen LogP contribution in [-0.4, -0.2) is 30.5 Å². The van der Waals surface area contributed by atoms with Crippen LogP contribution >= 0.6 is 23.0 Å². The first-order valence-corrected chi connectivity index (χ1v) is 10.9. The van der Waals surface area contributed by atoms with E-state index in [2.05, 4.69) is 20.4 Å². The third-order valence-corrected chi connectivity index (χ3v) is 5.27. The van der Waals surface area contributed by atoms with Crippen LogP contribution in [0.2, 0.25) is 0 Å². The molecule has 0 saturated carbocycles. The van der Waals surface area contributed by atoms with Crippen molar-refractivity contribution in [3.63, 3.8) is 0 Å². The lowest BCUT2D eigenvalue weighted by molar-refractivity contribution is 0.398. The number of aromatic nitrogens is 4. The van der Waals surface area contributed by atoms with Gasteiger partial charge in [0.2, 0.25) is 11.8 Å². The van der Waals surface area contributed by atoms with E-state index in [1.54, 1.807) is 12.1 Å². The van der Waals surface area contributed by atoms with Gasteiger partial charge in [-0.25, -0.2) is 13.6 Å². The van der Waals surface area contributed by atoms with Crippen molar-refractivity contribution in [1.82, 2.24) is 19.2 Å². The summed E-state index contributed by atoms with van der Waals surface area (Å²) >= 11 is -0.239. The number of anilines is 2. The molecule has 0 saturated heterocycles. The highest BCUT2D eigenvalue weighted by molar-refractivity contribution is 8.08. The molecule has 1 atom stereocenters. The summed E-state index contributed by atoms with van der Waals surface area (Å²) in [6.45, 7) is 3.79. The second-order valence-corrected chi connectivity index (χ2v) is 8.30. The highest BCUT2D eigenvalue weighted by atomic mass is 35.7. The van der Waals surface area contributed by atoms with E-state index in [1.807, 2.05) is 13.8 Å². The lowest BCUT2D eigenvalue weighted by atomic mass is 9.94. The van der Waals surface area contributed by atoms with E-state index in [1.165, 1.54) is 25.4 Å². The summed E-state index contributed by atoms with van der Waals surface area (Å²) < 4.78 is 45.1. The fourth-order valence-corrected chi connectivity index (χ4v) is 3.54. The zero-order valence-electron chi connectivity index (χ0n) is 15.5. The van der Waals surface area contributed by atoms with Gasteiger partial charge in [0.1, 0.15) is 5.82 Å². The summed E-state index contributed by atoms with van der Waals surface area (Å²) in [5, 5.41) is 6.48. The molecule has 0 aliphatic carbocycles. The Labute approximate surface area is 177 Å². The maximum absolute atomic E-state index is 14.4. The standard InChI is InChI=1S/C17H16ClF2N5O2S2/c1-9(2)12-7-11(19)8-13(10-4-5-21-14(6-10)27-3)15(12)22-16-23-17(29(18)26)24-25(16)28-20/h4-9H,1-3H3,(H,22,23,24). The van der Waals surface area contributed by atoms with E-state index in [4.69, 9.17) is 15.4 Å². The summed E-state index contributed by atoms with van der Waals surface area (Å²) in [7, 11) is 4.98. The molecule has 0 spiro atoms. The quantitative estimate of drug-likeness (QED) is 0.498. The number of hydrogen-bond donors (Lipinski definition) is 1. The van der Waals surface area contributed by atoms with Gasteiger partial charge in [-0.3, -0.25) is 0 Å². The van der Waals surface area contributed by atoms with Crippen molar-refractivity contribution >= 4 is 44.7 Å². The Kier molecular flexibility index (Phi) is 6.70. The number of nitrogens with one attached hydrogen (secondary N) is 1. The Morgan fingerprint density at radius 3 is 2.72 bits per heavy atom. The molecule has 2 heterocycles. The maximum Gasteiger partial charge on any atom is 0.257 e. The van der Waals surface area contributed by atoms with Crippen LogP contribution in [0.4, 0.5) is 19.9 Å². The Balaban J connectivity index is 2.20. The van der Waals surface area contributed by atoms with Gasteiger partial charge in [-0.2, -0.15) is 4.98 Å². The minimum atomic E-state index is -2.02. The molecule has 12 heteroatoms. The molecule has 7 nitrogen and oxygen atoms in total. The average Bonchev–Trinajstić information content (AvgIpc) is 3.12. The molecule has 1 aromatic carbocycles. The molecule has 0 radical (unpaired) electrons. The Hall–Kier alpha value is -2.24. The molecule has 3 aromatic rings. The van der Waals surface area contributed by atoms with E-state index < -0.39 is 15.8 Å². The molecular weight excluding hydrogens is 444 g/mol. The predicted octanol–water partition coefficient (Wildman–Crippen LogP) is 5.00. The van der Waals surface area contributed by atoms with Gasteiger partial charge in [0, 0.05) is 17.8 Å². The van der Waals surface area contributed by atoms with Gasteiger partial charge >= 0.3 is 0 Å². The minimum absolute atomic E-state index is 0.0442. The SMILES string of the molecule is COc1cc(-c2cc(F)cc(C(C)C)c2Nc2nc(S(=O)Cl)nn2SF)ccn1. The van der Waals surface area contributed by atoms with Crippen molar-refractivity contribution in [2.45, 2.75) is 24.9 Å². The van der Waals surface area contributed by atoms with Crippen LogP contribution in [0, 0.1) is 5.82 Å². The first-order chi connectivity index (χ1) is 13.8. The number of halogens is 3. The summed E-state index contributed by atoms with van der Waals surface area (Å²) in [6, 6.07) is 6.07. The van der Waals surface area contributed by atoms with Crippen LogP contribution in [0.5, 0.6) is 5.88 Å². The number of hydrogen-bond acceptors (Lipinski definition) is 7. The number of ether oxygens (including phenoxy) is 1. The number of pyridine rings is 1. The van der Waals surface area contributed by atoms with Crippen LogP contribution in [-0.2, 0) is 10.0 Å². The highest BCUT2D eigenvalue weighted by Crippen LogP contribution is 2.38. The monoisotopic (exact) mass is 459 g/mol. The number of methoxy groups -OCH3 is 1. The molecule has 0 fully saturated rings. The molecule has 29 heavy (non-hydrogen) atoms. The van der Waals surface area contributed by atoms with E-state index in [-0.39, 0.29) is 29.4 Å². The first kappa shape index (κ1) is 21.5. The number of rotatable bonds is 7. The molecular formula is C17H16ClF2N5O2S2. The molecule has 154 valence electrons. The van der Waals surface area contributed by atoms with Gasteiger partial charge in [0.15, 0.2) is 22.3 Å². The van der Waals surface area contributed by atoms with Gasteiger partial charge < -0.3 is 10.1 Å². The van der Waals surface area contributed by atoms with E-state index in [0.717, 1.165) is 4.09 Å². The Morgan fingerprint density at radius 1 is 1.34 bits per heavy atom. The molecule has 2 aromatic heterocycles. The lowest BCUT2D eigenvalue weighted by Gasteiger charge is -2.19. The topological polar surface area (TPSA) is 81.9 Å². The smallest absolute Gasteiger partial charge is 0.257 e. The van der Waals surface area contributed by atoms with Gasteiger partial charge in [-0.15, -0.1) is 13.1 Å². The number of nitrogens with zero attached hydrogens (tertiary/aromatic N) is 4. The third kappa shape index (κ3) is 4.68. The zero-order valence-corrected chi connectivity index (χ0v) is 17.9. The maximum atomic E-state index is 14.4. The Morgan fingerprint density at radius 2 is 2.10 bits per heavy atom. The van der Waals surface area contributed by atoms with Gasteiger partial charge in [-0.1, -0.05) is 13.8 Å². The van der Waals surface area contributed by atoms with Gasteiger partial charge in [-0.05, 0) is 45.9 Å². The largest absolute Gasteiger partial charge is 0.481 e. The average molecular weight is 460 g/mol.